The second kappa shape index (κ2) is 5.79. The SMILES string of the molecule is NCC#Cc1ccccc1S(=O)(=O)Nc1cnns1. The van der Waals surface area contributed by atoms with Crippen LogP contribution in [0.3, 0.4) is 0 Å². The van der Waals surface area contributed by atoms with Gasteiger partial charge in [-0.1, -0.05) is 28.5 Å². The number of anilines is 1. The predicted octanol–water partition coefficient (Wildman–Crippen LogP) is 0.649. The van der Waals surface area contributed by atoms with Crippen molar-refractivity contribution in [3.05, 3.63) is 36.0 Å². The zero-order valence-electron chi connectivity index (χ0n) is 9.70. The normalized spacial score (nSPS) is 10.6. The molecular formula is C11H10N4O2S2. The maximum atomic E-state index is 12.2. The third-order valence-electron chi connectivity index (χ3n) is 2.10. The predicted molar refractivity (Wildman–Crippen MR) is 73.1 cm³/mol. The lowest BCUT2D eigenvalue weighted by Crippen LogP contribution is -2.13. The Kier molecular flexibility index (Phi) is 4.11. The van der Waals surface area contributed by atoms with Gasteiger partial charge in [0.25, 0.3) is 10.0 Å². The molecule has 1 aromatic carbocycles. The Labute approximate surface area is 114 Å². The van der Waals surface area contributed by atoms with Crippen molar-refractivity contribution < 1.29 is 8.42 Å². The van der Waals surface area contributed by atoms with Crippen molar-refractivity contribution in [3.8, 4) is 11.8 Å². The molecule has 1 heterocycles. The number of benzene rings is 1. The lowest BCUT2D eigenvalue weighted by molar-refractivity contribution is 0.601. The van der Waals surface area contributed by atoms with Crippen LogP contribution >= 0.6 is 11.5 Å². The van der Waals surface area contributed by atoms with E-state index in [0.717, 1.165) is 11.5 Å². The van der Waals surface area contributed by atoms with Crippen LogP contribution in [-0.2, 0) is 10.0 Å². The topological polar surface area (TPSA) is 98.0 Å². The molecule has 0 fully saturated rings. The Hall–Kier alpha value is -1.95. The van der Waals surface area contributed by atoms with Gasteiger partial charge >= 0.3 is 0 Å². The molecule has 0 amide bonds. The van der Waals surface area contributed by atoms with Gasteiger partial charge in [0.1, 0.15) is 9.90 Å². The summed E-state index contributed by atoms with van der Waals surface area (Å²) in [6.45, 7) is 0.167. The number of hydrogen-bond donors (Lipinski definition) is 2. The zero-order valence-corrected chi connectivity index (χ0v) is 11.3. The number of nitrogens with zero attached hydrogens (tertiary/aromatic N) is 2. The Morgan fingerprint density at radius 2 is 2.16 bits per heavy atom. The van der Waals surface area contributed by atoms with E-state index in [9.17, 15) is 8.42 Å². The molecule has 0 unspecified atom stereocenters. The van der Waals surface area contributed by atoms with Crippen molar-refractivity contribution in [1.29, 1.82) is 0 Å². The first-order chi connectivity index (χ1) is 9.13. The number of aromatic nitrogens is 2. The van der Waals surface area contributed by atoms with Gasteiger partial charge in [0, 0.05) is 17.1 Å². The third kappa shape index (κ3) is 3.29. The third-order valence-corrected chi connectivity index (χ3v) is 4.23. The Balaban J connectivity index is 2.40. The summed E-state index contributed by atoms with van der Waals surface area (Å²) in [6, 6.07) is 6.46. The first kappa shape index (κ1) is 13.5. The fourth-order valence-corrected chi connectivity index (χ4v) is 3.20. The Bertz CT molecular complexity index is 715. The largest absolute Gasteiger partial charge is 0.320 e. The van der Waals surface area contributed by atoms with Crippen LogP contribution in [0, 0.1) is 11.8 Å². The molecule has 2 aromatic rings. The summed E-state index contributed by atoms with van der Waals surface area (Å²) in [6.07, 6.45) is 1.34. The van der Waals surface area contributed by atoms with E-state index in [-0.39, 0.29) is 11.4 Å². The molecule has 0 aliphatic heterocycles. The van der Waals surface area contributed by atoms with E-state index in [1.807, 2.05) is 0 Å². The van der Waals surface area contributed by atoms with Gasteiger partial charge in [-0.2, -0.15) is 0 Å². The van der Waals surface area contributed by atoms with Crippen molar-refractivity contribution >= 4 is 26.6 Å². The van der Waals surface area contributed by atoms with E-state index >= 15 is 0 Å². The van der Waals surface area contributed by atoms with Gasteiger partial charge < -0.3 is 5.73 Å². The van der Waals surface area contributed by atoms with E-state index in [1.165, 1.54) is 12.3 Å². The molecule has 0 spiro atoms. The van der Waals surface area contributed by atoms with Crippen LogP contribution in [0.2, 0.25) is 0 Å². The molecule has 0 saturated carbocycles. The highest BCUT2D eigenvalue weighted by atomic mass is 32.2. The minimum Gasteiger partial charge on any atom is -0.320 e. The molecule has 6 nitrogen and oxygen atoms in total. The molecule has 0 aliphatic rings. The minimum absolute atomic E-state index is 0.101. The molecular weight excluding hydrogens is 284 g/mol. The highest BCUT2D eigenvalue weighted by Crippen LogP contribution is 2.20. The van der Waals surface area contributed by atoms with Gasteiger partial charge in [0.05, 0.1) is 12.7 Å². The summed E-state index contributed by atoms with van der Waals surface area (Å²) < 4.78 is 30.4. The molecule has 8 heteroatoms. The average molecular weight is 294 g/mol. The van der Waals surface area contributed by atoms with E-state index in [1.54, 1.807) is 18.2 Å². The smallest absolute Gasteiger partial charge is 0.263 e. The lowest BCUT2D eigenvalue weighted by Gasteiger charge is -2.06. The summed E-state index contributed by atoms with van der Waals surface area (Å²) in [4.78, 5) is 0.101. The molecule has 98 valence electrons. The molecule has 0 aliphatic carbocycles. The second-order valence-corrected chi connectivity index (χ2v) is 5.83. The number of sulfonamides is 1. The van der Waals surface area contributed by atoms with Gasteiger partial charge in [0.2, 0.25) is 0 Å². The van der Waals surface area contributed by atoms with Crippen LogP contribution in [0.5, 0.6) is 0 Å². The monoisotopic (exact) mass is 294 g/mol. The van der Waals surface area contributed by atoms with Gasteiger partial charge in [0.15, 0.2) is 0 Å². The second-order valence-electron chi connectivity index (χ2n) is 3.39. The van der Waals surface area contributed by atoms with Crippen LogP contribution in [0.4, 0.5) is 5.00 Å². The highest BCUT2D eigenvalue weighted by Gasteiger charge is 2.18. The van der Waals surface area contributed by atoms with Crippen LogP contribution in [0.25, 0.3) is 0 Å². The maximum Gasteiger partial charge on any atom is 0.263 e. The number of nitrogens with one attached hydrogen (secondary N) is 1. The molecule has 0 radical (unpaired) electrons. The van der Waals surface area contributed by atoms with Crippen molar-refractivity contribution in [3.63, 3.8) is 0 Å². The summed E-state index contributed by atoms with van der Waals surface area (Å²) in [5.41, 5.74) is 5.69. The first-order valence-electron chi connectivity index (χ1n) is 5.21. The molecule has 3 N–H and O–H groups in total. The number of nitrogens with two attached hydrogens (primary N) is 1. The summed E-state index contributed by atoms with van der Waals surface area (Å²) in [7, 11) is -3.71. The average Bonchev–Trinajstić information content (AvgIpc) is 2.88. The van der Waals surface area contributed by atoms with E-state index in [2.05, 4.69) is 26.1 Å². The van der Waals surface area contributed by atoms with Gasteiger partial charge in [-0.25, -0.2) is 8.42 Å². The highest BCUT2D eigenvalue weighted by molar-refractivity contribution is 7.93. The molecule has 19 heavy (non-hydrogen) atoms. The van der Waals surface area contributed by atoms with Crippen LogP contribution < -0.4 is 10.5 Å². The molecule has 0 atom stereocenters. The Morgan fingerprint density at radius 3 is 2.84 bits per heavy atom. The van der Waals surface area contributed by atoms with E-state index < -0.39 is 10.0 Å². The van der Waals surface area contributed by atoms with Crippen molar-refractivity contribution in [2.75, 3.05) is 11.3 Å². The molecule has 2 rings (SSSR count). The zero-order chi connectivity index (χ0) is 13.7. The molecule has 0 bridgehead atoms. The standard InChI is InChI=1S/C11H10N4O2S2/c12-7-3-5-9-4-1-2-6-10(9)19(16,17)14-11-8-13-15-18-11/h1-2,4,6,8,14H,7,12H2. The van der Waals surface area contributed by atoms with E-state index in [0.29, 0.717) is 10.6 Å². The van der Waals surface area contributed by atoms with Crippen LogP contribution in [-0.4, -0.2) is 24.5 Å². The van der Waals surface area contributed by atoms with Gasteiger partial charge in [-0.05, 0) is 12.1 Å². The summed E-state index contributed by atoms with van der Waals surface area (Å²) in [5.74, 6) is 5.38. The number of rotatable bonds is 3. The lowest BCUT2D eigenvalue weighted by atomic mass is 10.2. The Morgan fingerprint density at radius 1 is 1.37 bits per heavy atom. The van der Waals surface area contributed by atoms with Gasteiger partial charge in [-0.3, -0.25) is 4.72 Å². The van der Waals surface area contributed by atoms with Crippen LogP contribution in [0.15, 0.2) is 35.4 Å². The number of hydrogen-bond acceptors (Lipinski definition) is 6. The fraction of sp³-hybridized carbons (Fsp3) is 0.0909. The molecule has 1 aromatic heterocycles. The van der Waals surface area contributed by atoms with Gasteiger partial charge in [-0.15, -0.1) is 5.10 Å². The minimum atomic E-state index is -3.71. The maximum absolute atomic E-state index is 12.2. The van der Waals surface area contributed by atoms with Crippen molar-refractivity contribution in [1.82, 2.24) is 9.59 Å². The summed E-state index contributed by atoms with van der Waals surface area (Å²) >= 11 is 0.961. The van der Waals surface area contributed by atoms with Crippen LogP contribution in [0.1, 0.15) is 5.56 Å². The van der Waals surface area contributed by atoms with Crippen molar-refractivity contribution in [2.45, 2.75) is 4.90 Å². The summed E-state index contributed by atoms with van der Waals surface area (Å²) in [5, 5.41) is 3.92. The fourth-order valence-electron chi connectivity index (χ4n) is 1.35. The molecule has 0 saturated heterocycles. The van der Waals surface area contributed by atoms with Crippen molar-refractivity contribution in [2.24, 2.45) is 5.73 Å². The quantitative estimate of drug-likeness (QED) is 0.810. The van der Waals surface area contributed by atoms with E-state index in [4.69, 9.17) is 5.73 Å². The first-order valence-corrected chi connectivity index (χ1v) is 7.47.